The fourth-order valence-electron chi connectivity index (χ4n) is 2.19. The maximum atomic E-state index is 12.3. The zero-order valence-corrected chi connectivity index (χ0v) is 12.6. The summed E-state index contributed by atoms with van der Waals surface area (Å²) in [7, 11) is 3.20. The molecule has 0 saturated carbocycles. The van der Waals surface area contributed by atoms with E-state index in [-0.39, 0.29) is 12.5 Å². The molecule has 0 heterocycles. The van der Waals surface area contributed by atoms with E-state index in [2.05, 4.69) is 0 Å². The van der Waals surface area contributed by atoms with Crippen LogP contribution in [0.25, 0.3) is 0 Å². The van der Waals surface area contributed by atoms with E-state index in [4.69, 9.17) is 9.84 Å². The molecule has 1 aromatic rings. The highest BCUT2D eigenvalue weighted by Crippen LogP contribution is 2.24. The number of carbonyl (C=O) groups excluding carboxylic acids is 1. The Morgan fingerprint density at radius 3 is 2.20 bits per heavy atom. The largest absolute Gasteiger partial charge is 0.496 e. The minimum atomic E-state index is -0.910. The number of benzene rings is 1. The molecule has 1 N–H and O–H groups in total. The number of hydrogen-bond donors (Lipinski definition) is 1. The topological polar surface area (TPSA) is 66.8 Å². The molecule has 110 valence electrons. The van der Waals surface area contributed by atoms with Crippen LogP contribution >= 0.6 is 0 Å². The number of aliphatic carboxylic acids is 1. The molecule has 0 fully saturated rings. The quantitative estimate of drug-likeness (QED) is 0.896. The van der Waals surface area contributed by atoms with Gasteiger partial charge in [-0.15, -0.1) is 0 Å². The summed E-state index contributed by atoms with van der Waals surface area (Å²) in [5.74, 6) is -0.925. The summed E-state index contributed by atoms with van der Waals surface area (Å²) >= 11 is 0. The van der Waals surface area contributed by atoms with Crippen molar-refractivity contribution in [2.24, 2.45) is 5.92 Å². The molecular formula is C15H21NO4. The van der Waals surface area contributed by atoms with Crippen molar-refractivity contribution >= 4 is 11.9 Å². The van der Waals surface area contributed by atoms with Crippen LogP contribution in [0.15, 0.2) is 12.1 Å². The molecule has 0 aliphatic rings. The fourth-order valence-corrected chi connectivity index (χ4v) is 2.19. The molecule has 0 aromatic heterocycles. The number of carboxylic acid groups (broad SMARTS) is 1. The number of nitrogens with zero attached hydrogens (tertiary/aromatic N) is 1. The third-order valence-corrected chi connectivity index (χ3v) is 3.23. The number of carbonyl (C=O) groups is 2. The van der Waals surface area contributed by atoms with Gasteiger partial charge in [0.05, 0.1) is 13.0 Å². The third-order valence-electron chi connectivity index (χ3n) is 3.23. The summed E-state index contributed by atoms with van der Waals surface area (Å²) in [5, 5.41) is 8.89. The van der Waals surface area contributed by atoms with Crippen LogP contribution in [-0.2, 0) is 4.79 Å². The predicted octanol–water partition coefficient (Wildman–Crippen LogP) is 2.10. The first-order chi connectivity index (χ1) is 9.27. The summed E-state index contributed by atoms with van der Waals surface area (Å²) in [6.07, 6.45) is 0. The van der Waals surface area contributed by atoms with Crippen LogP contribution in [-0.4, -0.2) is 42.6 Å². The number of amides is 1. The molecule has 5 nitrogen and oxygen atoms in total. The first kappa shape index (κ1) is 16.0. The van der Waals surface area contributed by atoms with Gasteiger partial charge in [-0.3, -0.25) is 9.59 Å². The van der Waals surface area contributed by atoms with Crippen molar-refractivity contribution in [1.29, 1.82) is 0 Å². The van der Waals surface area contributed by atoms with E-state index in [1.807, 2.05) is 13.8 Å². The summed E-state index contributed by atoms with van der Waals surface area (Å²) < 4.78 is 5.26. The second kappa shape index (κ2) is 6.41. The third kappa shape index (κ3) is 3.50. The molecule has 20 heavy (non-hydrogen) atoms. The molecule has 0 aliphatic carbocycles. The Bertz CT molecular complexity index is 502. The molecule has 1 rings (SSSR count). The smallest absolute Gasteiger partial charge is 0.308 e. The molecule has 0 spiro atoms. The normalized spacial score (nSPS) is 11.8. The predicted molar refractivity (Wildman–Crippen MR) is 76.2 cm³/mol. The van der Waals surface area contributed by atoms with Crippen molar-refractivity contribution in [2.75, 3.05) is 20.7 Å². The number of hydrogen-bond acceptors (Lipinski definition) is 3. The minimum absolute atomic E-state index is 0.179. The Balaban J connectivity index is 2.95. The van der Waals surface area contributed by atoms with E-state index in [9.17, 15) is 9.59 Å². The molecule has 0 radical (unpaired) electrons. The average molecular weight is 279 g/mol. The van der Waals surface area contributed by atoms with Gasteiger partial charge in [0.15, 0.2) is 0 Å². The van der Waals surface area contributed by atoms with E-state index in [1.54, 1.807) is 33.2 Å². The SMILES string of the molecule is COc1c(C)cc(C(=O)N(C)CC(C)C(=O)O)cc1C. The maximum absolute atomic E-state index is 12.3. The molecule has 0 saturated heterocycles. The molecule has 1 amide bonds. The fraction of sp³-hybridized carbons (Fsp3) is 0.467. The first-order valence-corrected chi connectivity index (χ1v) is 6.41. The van der Waals surface area contributed by atoms with Gasteiger partial charge in [0, 0.05) is 19.2 Å². The van der Waals surface area contributed by atoms with E-state index in [1.165, 1.54) is 4.90 Å². The maximum Gasteiger partial charge on any atom is 0.308 e. The molecule has 1 atom stereocenters. The monoisotopic (exact) mass is 279 g/mol. The Kier molecular flexibility index (Phi) is 5.13. The highest BCUT2D eigenvalue weighted by molar-refractivity contribution is 5.95. The van der Waals surface area contributed by atoms with Gasteiger partial charge in [0.2, 0.25) is 0 Å². The van der Waals surface area contributed by atoms with Gasteiger partial charge >= 0.3 is 5.97 Å². The van der Waals surface area contributed by atoms with Gasteiger partial charge in [-0.25, -0.2) is 0 Å². The number of aryl methyl sites for hydroxylation is 2. The van der Waals surface area contributed by atoms with E-state index in [0.29, 0.717) is 5.56 Å². The van der Waals surface area contributed by atoms with Crippen LogP contribution in [0.5, 0.6) is 5.75 Å². The van der Waals surface area contributed by atoms with E-state index >= 15 is 0 Å². The van der Waals surface area contributed by atoms with Gasteiger partial charge in [0.25, 0.3) is 5.91 Å². The molecular weight excluding hydrogens is 258 g/mol. The van der Waals surface area contributed by atoms with Crippen molar-refractivity contribution in [3.05, 3.63) is 28.8 Å². The van der Waals surface area contributed by atoms with Gasteiger partial charge < -0.3 is 14.7 Å². The Morgan fingerprint density at radius 2 is 1.80 bits per heavy atom. The van der Waals surface area contributed by atoms with Crippen molar-refractivity contribution in [3.63, 3.8) is 0 Å². The molecule has 5 heteroatoms. The van der Waals surface area contributed by atoms with Crippen LogP contribution in [0.1, 0.15) is 28.4 Å². The van der Waals surface area contributed by atoms with Gasteiger partial charge in [0.1, 0.15) is 5.75 Å². The minimum Gasteiger partial charge on any atom is -0.496 e. The van der Waals surface area contributed by atoms with E-state index in [0.717, 1.165) is 16.9 Å². The number of carboxylic acids is 1. The van der Waals surface area contributed by atoms with Crippen LogP contribution in [0, 0.1) is 19.8 Å². The molecule has 0 aliphatic heterocycles. The second-order valence-electron chi connectivity index (χ2n) is 5.07. The molecule has 0 bridgehead atoms. The Hall–Kier alpha value is -2.04. The summed E-state index contributed by atoms with van der Waals surface area (Å²) in [6, 6.07) is 3.52. The Labute approximate surface area is 119 Å². The van der Waals surface area contributed by atoms with Crippen LogP contribution in [0.4, 0.5) is 0 Å². The van der Waals surface area contributed by atoms with Crippen LogP contribution in [0.2, 0.25) is 0 Å². The highest BCUT2D eigenvalue weighted by atomic mass is 16.5. The Morgan fingerprint density at radius 1 is 1.30 bits per heavy atom. The second-order valence-corrected chi connectivity index (χ2v) is 5.07. The average Bonchev–Trinajstić information content (AvgIpc) is 2.37. The first-order valence-electron chi connectivity index (χ1n) is 6.41. The van der Waals surface area contributed by atoms with Crippen LogP contribution < -0.4 is 4.74 Å². The van der Waals surface area contributed by atoms with Gasteiger partial charge in [-0.2, -0.15) is 0 Å². The lowest BCUT2D eigenvalue weighted by Gasteiger charge is -2.20. The number of rotatable bonds is 5. The standard InChI is InChI=1S/C15H21NO4/c1-9-6-12(7-10(2)13(9)20-5)14(17)16(4)8-11(3)15(18)19/h6-7,11H,8H2,1-5H3,(H,18,19). The number of methoxy groups -OCH3 is 1. The highest BCUT2D eigenvalue weighted by Gasteiger charge is 2.19. The zero-order valence-electron chi connectivity index (χ0n) is 12.6. The number of ether oxygens (including phenoxy) is 1. The lowest BCUT2D eigenvalue weighted by Crippen LogP contribution is -2.33. The van der Waals surface area contributed by atoms with Crippen molar-refractivity contribution < 1.29 is 19.4 Å². The van der Waals surface area contributed by atoms with Crippen LogP contribution in [0.3, 0.4) is 0 Å². The lowest BCUT2D eigenvalue weighted by molar-refractivity contribution is -0.141. The van der Waals surface area contributed by atoms with Crippen molar-refractivity contribution in [2.45, 2.75) is 20.8 Å². The van der Waals surface area contributed by atoms with E-state index < -0.39 is 11.9 Å². The lowest BCUT2D eigenvalue weighted by atomic mass is 10.0. The summed E-state index contributed by atoms with van der Waals surface area (Å²) in [4.78, 5) is 24.6. The zero-order chi connectivity index (χ0) is 15.4. The molecule has 1 aromatic carbocycles. The van der Waals surface area contributed by atoms with Gasteiger partial charge in [-0.1, -0.05) is 6.92 Å². The van der Waals surface area contributed by atoms with Crippen molar-refractivity contribution in [1.82, 2.24) is 4.90 Å². The van der Waals surface area contributed by atoms with Gasteiger partial charge in [-0.05, 0) is 37.1 Å². The van der Waals surface area contributed by atoms with Crippen molar-refractivity contribution in [3.8, 4) is 5.75 Å². The summed E-state index contributed by atoms with van der Waals surface area (Å²) in [5.41, 5.74) is 2.31. The summed E-state index contributed by atoms with van der Waals surface area (Å²) in [6.45, 7) is 5.51. The molecule has 1 unspecified atom stereocenters.